The summed E-state index contributed by atoms with van der Waals surface area (Å²) >= 11 is 0. The van der Waals surface area contributed by atoms with Crippen molar-refractivity contribution >= 4 is 17.6 Å². The molecular formula is C18H20N2O4. The normalized spacial score (nSPS) is 11.7. The van der Waals surface area contributed by atoms with Crippen LogP contribution in [-0.4, -0.2) is 28.1 Å². The molecule has 6 heteroatoms. The number of nitrogens with two attached hydrogens (primary N) is 1. The second kappa shape index (κ2) is 7.50. The van der Waals surface area contributed by atoms with Crippen molar-refractivity contribution < 1.29 is 19.8 Å². The summed E-state index contributed by atoms with van der Waals surface area (Å²) in [5.74, 6) is -1.33. The van der Waals surface area contributed by atoms with Gasteiger partial charge in [-0.3, -0.25) is 9.59 Å². The maximum Gasteiger partial charge on any atom is 0.325 e. The number of nitrogens with one attached hydrogen (secondary N) is 1. The van der Waals surface area contributed by atoms with Crippen LogP contribution in [0.4, 0.5) is 5.69 Å². The van der Waals surface area contributed by atoms with Gasteiger partial charge in [-0.25, -0.2) is 0 Å². The SMILES string of the molecule is CC(NC(=O)c1ccc(N)c(CCc2ccc(O)cc2)c1)C(=O)O. The molecule has 5 N–H and O–H groups in total. The zero-order valence-electron chi connectivity index (χ0n) is 13.3. The second-order valence-corrected chi connectivity index (χ2v) is 5.61. The molecule has 0 fully saturated rings. The van der Waals surface area contributed by atoms with Gasteiger partial charge >= 0.3 is 5.97 Å². The van der Waals surface area contributed by atoms with Crippen molar-refractivity contribution in [3.05, 3.63) is 59.2 Å². The lowest BCUT2D eigenvalue weighted by molar-refractivity contribution is -0.138. The maximum atomic E-state index is 12.1. The first kappa shape index (κ1) is 17.3. The lowest BCUT2D eigenvalue weighted by Gasteiger charge is -2.12. The molecule has 0 aliphatic heterocycles. The minimum absolute atomic E-state index is 0.212. The number of rotatable bonds is 6. The fraction of sp³-hybridized carbons (Fsp3) is 0.222. The van der Waals surface area contributed by atoms with E-state index in [1.165, 1.54) is 6.92 Å². The average Bonchev–Trinajstić information content (AvgIpc) is 2.55. The van der Waals surface area contributed by atoms with Gasteiger partial charge in [0.15, 0.2) is 0 Å². The van der Waals surface area contributed by atoms with Crippen LogP contribution in [-0.2, 0) is 17.6 Å². The Morgan fingerprint density at radius 1 is 1.12 bits per heavy atom. The summed E-state index contributed by atoms with van der Waals surface area (Å²) < 4.78 is 0. The summed E-state index contributed by atoms with van der Waals surface area (Å²) in [4.78, 5) is 22.9. The fourth-order valence-corrected chi connectivity index (χ4v) is 2.25. The quantitative estimate of drug-likeness (QED) is 0.606. The Kier molecular flexibility index (Phi) is 5.42. The van der Waals surface area contributed by atoms with Crippen molar-refractivity contribution in [3.63, 3.8) is 0 Å². The summed E-state index contributed by atoms with van der Waals surface area (Å²) in [6.45, 7) is 1.41. The Morgan fingerprint density at radius 3 is 2.42 bits per heavy atom. The van der Waals surface area contributed by atoms with Crippen LogP contribution in [0.25, 0.3) is 0 Å². The van der Waals surface area contributed by atoms with E-state index in [4.69, 9.17) is 10.8 Å². The number of amides is 1. The number of carboxylic acids is 1. The smallest absolute Gasteiger partial charge is 0.325 e. The third-order valence-corrected chi connectivity index (χ3v) is 3.74. The lowest BCUT2D eigenvalue weighted by atomic mass is 10.0. The number of anilines is 1. The summed E-state index contributed by atoms with van der Waals surface area (Å²) in [5.41, 5.74) is 8.78. The molecule has 0 heterocycles. The number of phenolic OH excluding ortho intramolecular Hbond substituents is 1. The molecule has 2 rings (SSSR count). The summed E-state index contributed by atoms with van der Waals surface area (Å²) in [7, 11) is 0. The predicted octanol–water partition coefficient (Wildman–Crippen LogP) is 1.96. The molecule has 0 saturated heterocycles. The summed E-state index contributed by atoms with van der Waals surface area (Å²) in [6.07, 6.45) is 1.34. The van der Waals surface area contributed by atoms with E-state index in [0.29, 0.717) is 24.1 Å². The van der Waals surface area contributed by atoms with Gasteiger partial charge in [0.25, 0.3) is 5.91 Å². The van der Waals surface area contributed by atoms with Crippen molar-refractivity contribution in [2.45, 2.75) is 25.8 Å². The largest absolute Gasteiger partial charge is 0.508 e. The Morgan fingerprint density at radius 2 is 1.79 bits per heavy atom. The maximum absolute atomic E-state index is 12.1. The third-order valence-electron chi connectivity index (χ3n) is 3.74. The predicted molar refractivity (Wildman–Crippen MR) is 90.9 cm³/mol. The minimum Gasteiger partial charge on any atom is -0.508 e. The standard InChI is InChI=1S/C18H20N2O4/c1-11(18(23)24)20-17(22)14-6-9-16(19)13(10-14)5-2-12-3-7-15(21)8-4-12/h3-4,6-11,21H,2,5,19H2,1H3,(H,20,22)(H,23,24). The van der Waals surface area contributed by atoms with E-state index in [2.05, 4.69) is 5.32 Å². The Bertz CT molecular complexity index is 741. The molecule has 6 nitrogen and oxygen atoms in total. The van der Waals surface area contributed by atoms with Gasteiger partial charge in [0.1, 0.15) is 11.8 Å². The molecule has 0 aliphatic rings. The van der Waals surface area contributed by atoms with Gasteiger partial charge in [-0.15, -0.1) is 0 Å². The zero-order chi connectivity index (χ0) is 17.7. The highest BCUT2D eigenvalue weighted by atomic mass is 16.4. The third kappa shape index (κ3) is 4.49. The molecule has 126 valence electrons. The van der Waals surface area contributed by atoms with Crippen molar-refractivity contribution in [1.82, 2.24) is 5.32 Å². The number of phenols is 1. The first-order valence-corrected chi connectivity index (χ1v) is 7.57. The Hall–Kier alpha value is -3.02. The van der Waals surface area contributed by atoms with E-state index in [1.807, 2.05) is 12.1 Å². The van der Waals surface area contributed by atoms with Crippen LogP contribution in [0.2, 0.25) is 0 Å². The monoisotopic (exact) mass is 328 g/mol. The molecular weight excluding hydrogens is 308 g/mol. The average molecular weight is 328 g/mol. The summed E-state index contributed by atoms with van der Waals surface area (Å²) in [5, 5.41) is 20.6. The van der Waals surface area contributed by atoms with Crippen LogP contribution >= 0.6 is 0 Å². The number of aromatic hydroxyl groups is 1. The van der Waals surface area contributed by atoms with Crippen molar-refractivity contribution in [1.29, 1.82) is 0 Å². The molecule has 2 aromatic rings. The van der Waals surface area contributed by atoms with Crippen molar-refractivity contribution in [2.24, 2.45) is 0 Å². The van der Waals surface area contributed by atoms with Crippen LogP contribution in [0.5, 0.6) is 5.75 Å². The fourth-order valence-electron chi connectivity index (χ4n) is 2.25. The van der Waals surface area contributed by atoms with Crippen LogP contribution in [0.15, 0.2) is 42.5 Å². The molecule has 2 aromatic carbocycles. The van der Waals surface area contributed by atoms with Crippen LogP contribution in [0, 0.1) is 0 Å². The molecule has 0 bridgehead atoms. The van der Waals surface area contributed by atoms with Gasteiger partial charge in [-0.05, 0) is 61.2 Å². The molecule has 1 amide bonds. The highest BCUT2D eigenvalue weighted by molar-refractivity contribution is 5.97. The number of carbonyl (C=O) groups excluding carboxylic acids is 1. The molecule has 0 aromatic heterocycles. The van der Waals surface area contributed by atoms with Crippen LogP contribution < -0.4 is 11.1 Å². The number of hydrogen-bond acceptors (Lipinski definition) is 4. The number of aryl methyl sites for hydroxylation is 2. The van der Waals surface area contributed by atoms with Gasteiger partial charge in [0, 0.05) is 11.3 Å². The number of aliphatic carboxylic acids is 1. The Balaban J connectivity index is 2.09. The Labute approximate surface area is 139 Å². The van der Waals surface area contributed by atoms with E-state index >= 15 is 0 Å². The zero-order valence-corrected chi connectivity index (χ0v) is 13.3. The number of carboxylic acid groups (broad SMARTS) is 1. The van der Waals surface area contributed by atoms with Gasteiger partial charge in [-0.1, -0.05) is 12.1 Å². The first-order chi connectivity index (χ1) is 11.4. The van der Waals surface area contributed by atoms with Gasteiger partial charge in [0.05, 0.1) is 0 Å². The van der Waals surface area contributed by atoms with Crippen molar-refractivity contribution in [2.75, 3.05) is 5.73 Å². The first-order valence-electron chi connectivity index (χ1n) is 7.57. The topological polar surface area (TPSA) is 113 Å². The molecule has 1 atom stereocenters. The van der Waals surface area contributed by atoms with Gasteiger partial charge in [0.2, 0.25) is 0 Å². The van der Waals surface area contributed by atoms with E-state index in [1.54, 1.807) is 30.3 Å². The van der Waals surface area contributed by atoms with Crippen LogP contribution in [0.3, 0.4) is 0 Å². The molecule has 0 spiro atoms. The highest BCUT2D eigenvalue weighted by Gasteiger charge is 2.16. The lowest BCUT2D eigenvalue weighted by Crippen LogP contribution is -2.38. The number of benzene rings is 2. The summed E-state index contributed by atoms with van der Waals surface area (Å²) in [6, 6.07) is 10.8. The van der Waals surface area contributed by atoms with Crippen LogP contribution in [0.1, 0.15) is 28.4 Å². The molecule has 0 aliphatic carbocycles. The van der Waals surface area contributed by atoms with E-state index < -0.39 is 17.9 Å². The van der Waals surface area contributed by atoms with Crippen molar-refractivity contribution in [3.8, 4) is 5.75 Å². The van der Waals surface area contributed by atoms with Gasteiger partial charge in [-0.2, -0.15) is 0 Å². The van der Waals surface area contributed by atoms with E-state index in [9.17, 15) is 14.7 Å². The second-order valence-electron chi connectivity index (χ2n) is 5.61. The van der Waals surface area contributed by atoms with E-state index in [0.717, 1.165) is 11.1 Å². The molecule has 0 saturated carbocycles. The number of carbonyl (C=O) groups is 2. The molecule has 1 unspecified atom stereocenters. The number of nitrogen functional groups attached to an aromatic ring is 1. The van der Waals surface area contributed by atoms with E-state index in [-0.39, 0.29) is 5.75 Å². The molecule has 0 radical (unpaired) electrons. The minimum atomic E-state index is -1.09. The van der Waals surface area contributed by atoms with Gasteiger partial charge < -0.3 is 21.3 Å². The number of hydrogen-bond donors (Lipinski definition) is 4. The highest BCUT2D eigenvalue weighted by Crippen LogP contribution is 2.18. The molecule has 24 heavy (non-hydrogen) atoms.